The van der Waals surface area contributed by atoms with Crippen LogP contribution in [0.5, 0.6) is 0 Å². The van der Waals surface area contributed by atoms with Crippen LogP contribution in [-0.2, 0) is 11.0 Å². The molecule has 0 atom stereocenters. The van der Waals surface area contributed by atoms with Crippen molar-refractivity contribution in [1.82, 2.24) is 5.32 Å². The number of nitrogens with two attached hydrogens (primary N) is 1. The number of rotatable bonds is 4. The minimum Gasteiger partial charge on any atom is -0.399 e. The fourth-order valence-electron chi connectivity index (χ4n) is 1.52. The fraction of sp³-hybridized carbons (Fsp3) is 0.308. The molecule has 0 heterocycles. The summed E-state index contributed by atoms with van der Waals surface area (Å²) < 4.78 is 38.2. The first-order valence-electron chi connectivity index (χ1n) is 5.68. The zero-order valence-corrected chi connectivity index (χ0v) is 10.4. The number of nitrogen functional groups attached to an aromatic ring is 1. The number of hydrogen-bond donors (Lipinski definition) is 2. The Morgan fingerprint density at radius 3 is 2.68 bits per heavy atom. The lowest BCUT2D eigenvalue weighted by molar-refractivity contribution is -0.137. The maximum Gasteiger partial charge on any atom is 0.416 e. The highest BCUT2D eigenvalue weighted by Gasteiger charge is 2.32. The summed E-state index contributed by atoms with van der Waals surface area (Å²) >= 11 is 0. The average Bonchev–Trinajstić information content (AvgIpc) is 2.26. The summed E-state index contributed by atoms with van der Waals surface area (Å²) in [4.78, 5) is 10.6. The Kier molecular flexibility index (Phi) is 4.97. The lowest BCUT2D eigenvalue weighted by Crippen LogP contribution is -2.20. The third kappa shape index (κ3) is 5.03. The van der Waals surface area contributed by atoms with E-state index in [1.54, 1.807) is 6.08 Å². The van der Waals surface area contributed by atoms with Crippen molar-refractivity contribution in [2.75, 3.05) is 12.3 Å². The molecular weight excluding hydrogens is 257 g/mol. The number of anilines is 1. The zero-order chi connectivity index (χ0) is 14.5. The zero-order valence-electron chi connectivity index (χ0n) is 10.4. The van der Waals surface area contributed by atoms with Crippen LogP contribution >= 0.6 is 0 Å². The quantitative estimate of drug-likeness (QED) is 0.654. The highest BCUT2D eigenvalue weighted by molar-refractivity contribution is 5.72. The van der Waals surface area contributed by atoms with Crippen molar-refractivity contribution in [2.45, 2.75) is 19.5 Å². The van der Waals surface area contributed by atoms with Gasteiger partial charge in [0.25, 0.3) is 0 Å². The number of alkyl halides is 3. The predicted molar refractivity (Wildman–Crippen MR) is 68.2 cm³/mol. The number of hydrogen-bond acceptors (Lipinski definition) is 2. The Bertz CT molecular complexity index is 481. The topological polar surface area (TPSA) is 55.1 Å². The molecule has 0 aromatic heterocycles. The molecule has 3 nitrogen and oxygen atoms in total. The van der Waals surface area contributed by atoms with Gasteiger partial charge in [-0.2, -0.15) is 13.2 Å². The fourth-order valence-corrected chi connectivity index (χ4v) is 1.52. The van der Waals surface area contributed by atoms with Crippen LogP contribution in [0.25, 0.3) is 6.08 Å². The summed E-state index contributed by atoms with van der Waals surface area (Å²) in [7, 11) is 0. The van der Waals surface area contributed by atoms with E-state index in [0.29, 0.717) is 13.0 Å². The molecule has 0 fully saturated rings. The van der Waals surface area contributed by atoms with E-state index < -0.39 is 11.7 Å². The van der Waals surface area contributed by atoms with E-state index in [1.807, 2.05) is 0 Å². The lowest BCUT2D eigenvalue weighted by atomic mass is 10.1. The first-order chi connectivity index (χ1) is 8.80. The second-order valence-electron chi connectivity index (χ2n) is 4.02. The molecule has 0 aliphatic carbocycles. The van der Waals surface area contributed by atoms with Gasteiger partial charge in [-0.05, 0) is 30.2 Å². The summed E-state index contributed by atoms with van der Waals surface area (Å²) in [6.07, 6.45) is -1.03. The molecule has 0 saturated heterocycles. The molecular formula is C13H15F3N2O. The van der Waals surface area contributed by atoms with Crippen molar-refractivity contribution in [1.29, 1.82) is 0 Å². The molecule has 3 N–H and O–H groups in total. The van der Waals surface area contributed by atoms with E-state index in [-0.39, 0.29) is 17.2 Å². The summed E-state index contributed by atoms with van der Waals surface area (Å²) in [5.74, 6) is -0.173. The molecule has 104 valence electrons. The maximum atomic E-state index is 12.7. The summed E-state index contributed by atoms with van der Waals surface area (Å²) in [5, 5.41) is 2.55. The SMILES string of the molecule is CC(=O)NCCC=Cc1cc(N)ccc1C(F)(F)F. The minimum atomic E-state index is -4.41. The maximum absolute atomic E-state index is 12.7. The minimum absolute atomic E-state index is 0.0234. The Morgan fingerprint density at radius 1 is 1.42 bits per heavy atom. The molecule has 0 saturated carbocycles. The first-order valence-corrected chi connectivity index (χ1v) is 5.68. The van der Waals surface area contributed by atoms with Crippen LogP contribution in [0.15, 0.2) is 24.3 Å². The molecule has 1 amide bonds. The monoisotopic (exact) mass is 272 g/mol. The number of amides is 1. The highest BCUT2D eigenvalue weighted by Crippen LogP contribution is 2.33. The third-order valence-corrected chi connectivity index (χ3v) is 2.36. The molecule has 0 aliphatic heterocycles. The van der Waals surface area contributed by atoms with Crippen LogP contribution in [0.1, 0.15) is 24.5 Å². The van der Waals surface area contributed by atoms with Crippen molar-refractivity contribution in [3.05, 3.63) is 35.4 Å². The summed E-state index contributed by atoms with van der Waals surface area (Å²) in [6.45, 7) is 1.76. The molecule has 0 spiro atoms. The first kappa shape index (κ1) is 15.1. The van der Waals surface area contributed by atoms with Crippen LogP contribution < -0.4 is 11.1 Å². The van der Waals surface area contributed by atoms with Crippen molar-refractivity contribution in [3.63, 3.8) is 0 Å². The van der Waals surface area contributed by atoms with Gasteiger partial charge in [-0.1, -0.05) is 12.2 Å². The number of carbonyl (C=O) groups is 1. The van der Waals surface area contributed by atoms with Crippen molar-refractivity contribution < 1.29 is 18.0 Å². The van der Waals surface area contributed by atoms with Crippen molar-refractivity contribution in [3.8, 4) is 0 Å². The van der Waals surface area contributed by atoms with Gasteiger partial charge in [0.05, 0.1) is 5.56 Å². The molecule has 6 heteroatoms. The molecule has 1 aromatic rings. The molecule has 1 rings (SSSR count). The summed E-state index contributed by atoms with van der Waals surface area (Å²) in [5.41, 5.74) is 5.05. The van der Waals surface area contributed by atoms with E-state index in [9.17, 15) is 18.0 Å². The van der Waals surface area contributed by atoms with Crippen LogP contribution in [0.4, 0.5) is 18.9 Å². The van der Waals surface area contributed by atoms with E-state index in [4.69, 9.17) is 5.73 Å². The van der Waals surface area contributed by atoms with Gasteiger partial charge in [0.2, 0.25) is 5.91 Å². The van der Waals surface area contributed by atoms with Gasteiger partial charge in [0.1, 0.15) is 0 Å². The number of benzene rings is 1. The van der Waals surface area contributed by atoms with Crippen LogP contribution in [0.2, 0.25) is 0 Å². The molecule has 1 aromatic carbocycles. The Morgan fingerprint density at radius 2 is 2.11 bits per heavy atom. The Balaban J connectivity index is 2.79. The molecule has 0 unspecified atom stereocenters. The molecule has 19 heavy (non-hydrogen) atoms. The smallest absolute Gasteiger partial charge is 0.399 e. The van der Waals surface area contributed by atoms with E-state index in [0.717, 1.165) is 6.07 Å². The average molecular weight is 272 g/mol. The van der Waals surface area contributed by atoms with Gasteiger partial charge in [-0.25, -0.2) is 0 Å². The number of nitrogens with one attached hydrogen (secondary N) is 1. The van der Waals surface area contributed by atoms with Gasteiger partial charge in [-0.3, -0.25) is 4.79 Å². The predicted octanol–water partition coefficient (Wildman–Crippen LogP) is 2.83. The lowest BCUT2D eigenvalue weighted by Gasteiger charge is -2.10. The van der Waals surface area contributed by atoms with Gasteiger partial charge < -0.3 is 11.1 Å². The van der Waals surface area contributed by atoms with Crippen molar-refractivity contribution >= 4 is 17.7 Å². The summed E-state index contributed by atoms with van der Waals surface area (Å²) in [6, 6.07) is 3.46. The molecule has 0 radical (unpaired) electrons. The largest absolute Gasteiger partial charge is 0.416 e. The Hall–Kier alpha value is -1.98. The number of carbonyl (C=O) groups excluding carboxylic acids is 1. The van der Waals surface area contributed by atoms with Crippen molar-refractivity contribution in [2.24, 2.45) is 0 Å². The van der Waals surface area contributed by atoms with Crippen LogP contribution in [-0.4, -0.2) is 12.5 Å². The van der Waals surface area contributed by atoms with Crippen LogP contribution in [0.3, 0.4) is 0 Å². The second-order valence-corrected chi connectivity index (χ2v) is 4.02. The molecule has 0 aliphatic rings. The second kappa shape index (κ2) is 6.26. The van der Waals surface area contributed by atoms with Gasteiger partial charge in [0.15, 0.2) is 0 Å². The normalized spacial score (nSPS) is 11.8. The highest BCUT2D eigenvalue weighted by atomic mass is 19.4. The van der Waals surface area contributed by atoms with Gasteiger partial charge in [0, 0.05) is 19.2 Å². The Labute approximate surface area is 109 Å². The third-order valence-electron chi connectivity index (χ3n) is 2.36. The van der Waals surface area contributed by atoms with E-state index in [1.165, 1.54) is 25.1 Å². The number of halogens is 3. The molecule has 0 bridgehead atoms. The van der Waals surface area contributed by atoms with E-state index >= 15 is 0 Å². The standard InChI is InChI=1S/C13H15F3N2O/c1-9(19)18-7-3-2-4-10-8-11(17)5-6-12(10)13(14,15)16/h2,4-6,8H,3,7,17H2,1H3,(H,18,19). The van der Waals surface area contributed by atoms with E-state index in [2.05, 4.69) is 5.32 Å². The van der Waals surface area contributed by atoms with Crippen LogP contribution in [0, 0.1) is 0 Å². The van der Waals surface area contributed by atoms with Gasteiger partial charge >= 0.3 is 6.18 Å². The van der Waals surface area contributed by atoms with Gasteiger partial charge in [-0.15, -0.1) is 0 Å².